The number of carbonyl (C=O) groups is 1. The van der Waals surface area contributed by atoms with E-state index in [1.165, 1.54) is 5.56 Å². The van der Waals surface area contributed by atoms with E-state index in [0.717, 1.165) is 13.0 Å². The predicted octanol–water partition coefficient (Wildman–Crippen LogP) is 3.05. The summed E-state index contributed by atoms with van der Waals surface area (Å²) >= 11 is 0. The molecule has 0 saturated carbocycles. The molecular weight excluding hydrogens is 248 g/mol. The van der Waals surface area contributed by atoms with Crippen LogP contribution in [0.5, 0.6) is 0 Å². The summed E-state index contributed by atoms with van der Waals surface area (Å²) in [7, 11) is 0. The van der Waals surface area contributed by atoms with Gasteiger partial charge in [0.05, 0.1) is 0 Å². The van der Waals surface area contributed by atoms with Gasteiger partial charge in [-0.3, -0.25) is 4.79 Å². The van der Waals surface area contributed by atoms with Gasteiger partial charge < -0.3 is 10.6 Å². The van der Waals surface area contributed by atoms with Gasteiger partial charge in [-0.1, -0.05) is 44.2 Å². The summed E-state index contributed by atoms with van der Waals surface area (Å²) in [6.45, 7) is 8.40. The maximum atomic E-state index is 12.4. The molecule has 1 aromatic rings. The Balaban J connectivity index is 2.58. The van der Waals surface area contributed by atoms with Crippen molar-refractivity contribution in [3.63, 3.8) is 0 Å². The third-order valence-electron chi connectivity index (χ3n) is 3.55. The summed E-state index contributed by atoms with van der Waals surface area (Å²) in [5.41, 5.74) is 6.97. The predicted molar refractivity (Wildman–Crippen MR) is 84.1 cm³/mol. The van der Waals surface area contributed by atoms with Crippen LogP contribution in [0.15, 0.2) is 30.3 Å². The van der Waals surface area contributed by atoms with E-state index in [-0.39, 0.29) is 5.91 Å². The molecule has 1 aromatic carbocycles. The van der Waals surface area contributed by atoms with Crippen molar-refractivity contribution >= 4 is 5.91 Å². The van der Waals surface area contributed by atoms with Crippen molar-refractivity contribution in [2.75, 3.05) is 13.1 Å². The minimum absolute atomic E-state index is 0.215. The molecule has 0 fully saturated rings. The highest BCUT2D eigenvalue weighted by Gasteiger charge is 2.18. The van der Waals surface area contributed by atoms with E-state index in [4.69, 9.17) is 5.73 Å². The van der Waals surface area contributed by atoms with Gasteiger partial charge in [0.15, 0.2) is 0 Å². The van der Waals surface area contributed by atoms with Gasteiger partial charge in [-0.2, -0.15) is 0 Å². The number of hydrogen-bond acceptors (Lipinski definition) is 2. The Bertz CT molecular complexity index is 389. The molecule has 1 rings (SSSR count). The van der Waals surface area contributed by atoms with E-state index >= 15 is 0 Å². The van der Waals surface area contributed by atoms with E-state index in [0.29, 0.717) is 31.3 Å². The van der Waals surface area contributed by atoms with Gasteiger partial charge in [0.25, 0.3) is 0 Å². The highest BCUT2D eigenvalue weighted by Crippen LogP contribution is 2.16. The Kier molecular flexibility index (Phi) is 7.31. The second-order valence-corrected chi connectivity index (χ2v) is 5.83. The molecule has 20 heavy (non-hydrogen) atoms. The van der Waals surface area contributed by atoms with Crippen LogP contribution in [0.25, 0.3) is 0 Å². The van der Waals surface area contributed by atoms with Crippen molar-refractivity contribution in [1.29, 1.82) is 0 Å². The monoisotopic (exact) mass is 276 g/mol. The van der Waals surface area contributed by atoms with Crippen molar-refractivity contribution in [1.82, 2.24) is 4.90 Å². The van der Waals surface area contributed by atoms with Gasteiger partial charge >= 0.3 is 0 Å². The van der Waals surface area contributed by atoms with Gasteiger partial charge in [0.2, 0.25) is 5.91 Å². The SMILES string of the molecule is CCN(Cc1ccccc1)C(=O)CC(CN)CC(C)C. The quantitative estimate of drug-likeness (QED) is 0.793. The molecule has 2 N–H and O–H groups in total. The van der Waals surface area contributed by atoms with Crippen LogP contribution in [-0.4, -0.2) is 23.9 Å². The molecule has 0 aliphatic rings. The lowest BCUT2D eigenvalue weighted by Crippen LogP contribution is -2.33. The van der Waals surface area contributed by atoms with Gasteiger partial charge in [0, 0.05) is 19.5 Å². The fourth-order valence-corrected chi connectivity index (χ4v) is 2.49. The average Bonchev–Trinajstić information content (AvgIpc) is 2.44. The lowest BCUT2D eigenvalue weighted by Gasteiger charge is -2.24. The van der Waals surface area contributed by atoms with Crippen LogP contribution in [0.1, 0.15) is 39.2 Å². The van der Waals surface area contributed by atoms with Crippen LogP contribution < -0.4 is 5.73 Å². The van der Waals surface area contributed by atoms with Crippen LogP contribution in [-0.2, 0) is 11.3 Å². The van der Waals surface area contributed by atoms with Crippen LogP contribution in [0.2, 0.25) is 0 Å². The molecule has 0 aliphatic heterocycles. The lowest BCUT2D eigenvalue weighted by atomic mass is 9.93. The summed E-state index contributed by atoms with van der Waals surface area (Å²) in [4.78, 5) is 14.3. The van der Waals surface area contributed by atoms with Crippen molar-refractivity contribution in [2.45, 2.75) is 40.2 Å². The molecule has 0 saturated heterocycles. The molecule has 0 aliphatic carbocycles. The van der Waals surface area contributed by atoms with Crippen LogP contribution >= 0.6 is 0 Å². The first kappa shape index (κ1) is 16.7. The molecule has 0 heterocycles. The van der Waals surface area contributed by atoms with Gasteiger partial charge in [-0.25, -0.2) is 0 Å². The summed E-state index contributed by atoms with van der Waals surface area (Å²) in [5.74, 6) is 1.10. The van der Waals surface area contributed by atoms with Crippen molar-refractivity contribution < 1.29 is 4.79 Å². The molecule has 1 unspecified atom stereocenters. The molecule has 0 bridgehead atoms. The number of amides is 1. The van der Waals surface area contributed by atoms with Crippen LogP contribution in [0.4, 0.5) is 0 Å². The number of rotatable bonds is 8. The normalized spacial score (nSPS) is 12.4. The van der Waals surface area contributed by atoms with Crippen molar-refractivity contribution in [3.8, 4) is 0 Å². The van der Waals surface area contributed by atoms with E-state index in [9.17, 15) is 4.79 Å². The Morgan fingerprint density at radius 3 is 2.40 bits per heavy atom. The van der Waals surface area contributed by atoms with Gasteiger partial charge in [-0.15, -0.1) is 0 Å². The van der Waals surface area contributed by atoms with E-state index in [1.54, 1.807) is 0 Å². The maximum absolute atomic E-state index is 12.4. The Hall–Kier alpha value is -1.35. The topological polar surface area (TPSA) is 46.3 Å². The Labute approximate surface area is 123 Å². The van der Waals surface area contributed by atoms with E-state index in [2.05, 4.69) is 26.0 Å². The fraction of sp³-hybridized carbons (Fsp3) is 0.588. The maximum Gasteiger partial charge on any atom is 0.223 e. The third-order valence-corrected chi connectivity index (χ3v) is 3.55. The molecule has 112 valence electrons. The minimum atomic E-state index is 0.215. The fourth-order valence-electron chi connectivity index (χ4n) is 2.49. The number of benzene rings is 1. The number of nitrogens with two attached hydrogens (primary N) is 1. The molecule has 1 atom stereocenters. The highest BCUT2D eigenvalue weighted by molar-refractivity contribution is 5.76. The molecule has 3 nitrogen and oxygen atoms in total. The average molecular weight is 276 g/mol. The standard InChI is InChI=1S/C17H28N2O/c1-4-19(13-15-8-6-5-7-9-15)17(20)11-16(12-18)10-14(2)3/h5-9,14,16H,4,10-13,18H2,1-3H3. The molecule has 1 amide bonds. The molecule has 3 heteroatoms. The Morgan fingerprint density at radius 1 is 1.25 bits per heavy atom. The lowest BCUT2D eigenvalue weighted by molar-refractivity contribution is -0.132. The molecule has 0 radical (unpaired) electrons. The first-order chi connectivity index (χ1) is 9.56. The van der Waals surface area contributed by atoms with Crippen molar-refractivity contribution in [3.05, 3.63) is 35.9 Å². The second-order valence-electron chi connectivity index (χ2n) is 5.83. The zero-order valence-electron chi connectivity index (χ0n) is 13.0. The number of nitrogens with zero attached hydrogens (tertiary/aromatic N) is 1. The van der Waals surface area contributed by atoms with Gasteiger partial charge in [0.1, 0.15) is 0 Å². The third kappa shape index (κ3) is 5.74. The first-order valence-corrected chi connectivity index (χ1v) is 7.58. The Morgan fingerprint density at radius 2 is 1.90 bits per heavy atom. The van der Waals surface area contributed by atoms with E-state index < -0.39 is 0 Å². The number of carbonyl (C=O) groups excluding carboxylic acids is 1. The number of hydrogen-bond donors (Lipinski definition) is 1. The second kappa shape index (κ2) is 8.75. The van der Waals surface area contributed by atoms with Gasteiger partial charge in [-0.05, 0) is 37.3 Å². The summed E-state index contributed by atoms with van der Waals surface area (Å²) < 4.78 is 0. The first-order valence-electron chi connectivity index (χ1n) is 7.58. The summed E-state index contributed by atoms with van der Waals surface area (Å²) in [6.07, 6.45) is 1.58. The van der Waals surface area contributed by atoms with Crippen LogP contribution in [0, 0.1) is 11.8 Å². The zero-order chi connectivity index (χ0) is 15.0. The van der Waals surface area contributed by atoms with Crippen molar-refractivity contribution in [2.24, 2.45) is 17.6 Å². The zero-order valence-corrected chi connectivity index (χ0v) is 13.0. The molecule has 0 aromatic heterocycles. The van der Waals surface area contributed by atoms with E-state index in [1.807, 2.05) is 30.0 Å². The minimum Gasteiger partial charge on any atom is -0.339 e. The molecule has 0 spiro atoms. The highest BCUT2D eigenvalue weighted by atomic mass is 16.2. The summed E-state index contributed by atoms with van der Waals surface area (Å²) in [5, 5.41) is 0. The smallest absolute Gasteiger partial charge is 0.223 e. The summed E-state index contributed by atoms with van der Waals surface area (Å²) in [6, 6.07) is 10.1. The largest absolute Gasteiger partial charge is 0.339 e. The molecular formula is C17H28N2O. The van der Waals surface area contributed by atoms with Crippen LogP contribution in [0.3, 0.4) is 0 Å².